The molecule has 0 aliphatic carbocycles. The molecule has 1 heterocycles. The van der Waals surface area contributed by atoms with Crippen molar-refractivity contribution in [2.75, 3.05) is 0 Å². The molecule has 0 bridgehead atoms. The van der Waals surface area contributed by atoms with Gasteiger partial charge in [0.2, 0.25) is 5.01 Å². The number of hydrogen-bond acceptors (Lipinski definition) is 5. The minimum absolute atomic E-state index is 0.0708. The number of nitrogens with zero attached hydrogens (tertiary/aromatic N) is 2. The Bertz CT molecular complexity index is 910. The molecule has 0 aliphatic heterocycles. The van der Waals surface area contributed by atoms with Crippen molar-refractivity contribution in [3.63, 3.8) is 0 Å². The van der Waals surface area contributed by atoms with Crippen LogP contribution in [0.15, 0.2) is 48.5 Å². The third-order valence-corrected chi connectivity index (χ3v) is 5.43. The zero-order chi connectivity index (χ0) is 19.2. The third kappa shape index (κ3) is 5.35. The Hall–Kier alpha value is -2.28. The second-order valence-corrected chi connectivity index (χ2v) is 7.76. The van der Waals surface area contributed by atoms with Crippen LogP contribution in [0.25, 0.3) is 0 Å². The van der Waals surface area contributed by atoms with Crippen LogP contribution in [-0.2, 0) is 13.1 Å². The monoisotopic (exact) mass is 400 g/mol. The van der Waals surface area contributed by atoms with E-state index in [2.05, 4.69) is 20.8 Å². The lowest BCUT2D eigenvalue weighted by Crippen LogP contribution is -2.22. The number of nitrogens with one attached hydrogen (secondary N) is 2. The zero-order valence-electron chi connectivity index (χ0n) is 15.2. The van der Waals surface area contributed by atoms with E-state index in [9.17, 15) is 4.79 Å². The van der Waals surface area contributed by atoms with E-state index >= 15 is 0 Å². The first kappa shape index (κ1) is 19.5. The van der Waals surface area contributed by atoms with Gasteiger partial charge in [0.05, 0.1) is 6.54 Å². The van der Waals surface area contributed by atoms with Crippen LogP contribution in [0.1, 0.15) is 44.5 Å². The molecule has 5 nitrogen and oxygen atoms in total. The fraction of sp³-hybridized carbons (Fsp3) is 0.250. The molecular weight excluding hydrogens is 380 g/mol. The van der Waals surface area contributed by atoms with Gasteiger partial charge in [-0.05, 0) is 31.0 Å². The molecule has 1 amide bonds. The third-order valence-electron chi connectivity index (χ3n) is 4.17. The smallest absolute Gasteiger partial charge is 0.282 e. The lowest BCUT2D eigenvalue weighted by molar-refractivity contribution is 0.0950. The maximum atomic E-state index is 12.3. The zero-order valence-corrected chi connectivity index (χ0v) is 16.8. The number of halogens is 1. The van der Waals surface area contributed by atoms with Crippen molar-refractivity contribution in [1.29, 1.82) is 0 Å². The van der Waals surface area contributed by atoms with Gasteiger partial charge in [-0.15, -0.1) is 10.2 Å². The SMILES string of the molecule is Cc1ccc(CNC(=O)c2nnc(CN[C@H](C)c3ccccc3Cl)s2)cc1. The van der Waals surface area contributed by atoms with E-state index < -0.39 is 0 Å². The van der Waals surface area contributed by atoms with Crippen molar-refractivity contribution in [2.24, 2.45) is 0 Å². The minimum atomic E-state index is -0.210. The molecule has 0 fully saturated rings. The van der Waals surface area contributed by atoms with Crippen LogP contribution in [0.4, 0.5) is 0 Å². The molecular formula is C20H21ClN4OS. The first-order valence-corrected chi connectivity index (χ1v) is 9.86. The van der Waals surface area contributed by atoms with Crippen molar-refractivity contribution in [3.05, 3.63) is 80.3 Å². The first-order chi connectivity index (χ1) is 13.0. The summed E-state index contributed by atoms with van der Waals surface area (Å²) in [6.45, 7) is 5.06. The average Bonchev–Trinajstić information content (AvgIpc) is 3.15. The number of hydrogen-bond donors (Lipinski definition) is 2. The molecule has 0 spiro atoms. The van der Waals surface area contributed by atoms with Gasteiger partial charge >= 0.3 is 0 Å². The quantitative estimate of drug-likeness (QED) is 0.621. The molecule has 0 saturated carbocycles. The van der Waals surface area contributed by atoms with Crippen LogP contribution in [0.3, 0.4) is 0 Å². The molecule has 3 rings (SSSR count). The maximum Gasteiger partial charge on any atom is 0.282 e. The summed E-state index contributed by atoms with van der Waals surface area (Å²) in [5, 5.41) is 16.2. The second kappa shape index (κ2) is 9.08. The van der Waals surface area contributed by atoms with Crippen molar-refractivity contribution in [1.82, 2.24) is 20.8 Å². The highest BCUT2D eigenvalue weighted by Gasteiger charge is 2.14. The number of amides is 1. The number of carbonyl (C=O) groups excluding carboxylic acids is 1. The molecule has 0 unspecified atom stereocenters. The minimum Gasteiger partial charge on any atom is -0.346 e. The van der Waals surface area contributed by atoms with Gasteiger partial charge in [0, 0.05) is 17.6 Å². The van der Waals surface area contributed by atoms with E-state index in [0.29, 0.717) is 18.1 Å². The van der Waals surface area contributed by atoms with Gasteiger partial charge in [0.25, 0.3) is 5.91 Å². The number of aromatic nitrogens is 2. The van der Waals surface area contributed by atoms with Gasteiger partial charge in [-0.1, -0.05) is 71.0 Å². The van der Waals surface area contributed by atoms with Crippen LogP contribution in [0.2, 0.25) is 5.02 Å². The van der Waals surface area contributed by atoms with E-state index in [-0.39, 0.29) is 11.9 Å². The Kier molecular flexibility index (Phi) is 6.55. The number of aryl methyl sites for hydroxylation is 1. The molecule has 0 aliphatic rings. The van der Waals surface area contributed by atoms with Crippen molar-refractivity contribution < 1.29 is 4.79 Å². The summed E-state index contributed by atoms with van der Waals surface area (Å²) >= 11 is 7.51. The van der Waals surface area contributed by atoms with E-state index in [1.807, 2.05) is 62.4 Å². The molecule has 3 aromatic rings. The van der Waals surface area contributed by atoms with Gasteiger partial charge in [-0.3, -0.25) is 4.79 Å². The predicted molar refractivity (Wildman–Crippen MR) is 109 cm³/mol. The highest BCUT2D eigenvalue weighted by atomic mass is 35.5. The second-order valence-electron chi connectivity index (χ2n) is 6.29. The fourth-order valence-corrected chi connectivity index (χ4v) is 3.56. The normalized spacial score (nSPS) is 12.0. The fourth-order valence-electron chi connectivity index (χ4n) is 2.56. The lowest BCUT2D eigenvalue weighted by Gasteiger charge is -2.14. The van der Waals surface area contributed by atoms with Crippen LogP contribution < -0.4 is 10.6 Å². The van der Waals surface area contributed by atoms with Crippen LogP contribution in [0.5, 0.6) is 0 Å². The Morgan fingerprint density at radius 3 is 2.59 bits per heavy atom. The van der Waals surface area contributed by atoms with E-state index in [0.717, 1.165) is 21.2 Å². The van der Waals surface area contributed by atoms with Crippen molar-refractivity contribution >= 4 is 28.8 Å². The largest absolute Gasteiger partial charge is 0.346 e. The van der Waals surface area contributed by atoms with E-state index in [1.165, 1.54) is 16.9 Å². The van der Waals surface area contributed by atoms with Gasteiger partial charge < -0.3 is 10.6 Å². The van der Waals surface area contributed by atoms with Crippen LogP contribution >= 0.6 is 22.9 Å². The Labute approximate surface area is 167 Å². The van der Waals surface area contributed by atoms with E-state index in [1.54, 1.807) is 0 Å². The summed E-state index contributed by atoms with van der Waals surface area (Å²) in [5.41, 5.74) is 3.27. The summed E-state index contributed by atoms with van der Waals surface area (Å²) in [6.07, 6.45) is 0. The molecule has 1 atom stereocenters. The molecule has 2 N–H and O–H groups in total. The van der Waals surface area contributed by atoms with Crippen LogP contribution in [0, 0.1) is 6.92 Å². The Morgan fingerprint density at radius 1 is 1.11 bits per heavy atom. The molecule has 7 heteroatoms. The average molecular weight is 401 g/mol. The first-order valence-electron chi connectivity index (χ1n) is 8.67. The highest BCUT2D eigenvalue weighted by Crippen LogP contribution is 2.22. The molecule has 27 heavy (non-hydrogen) atoms. The topological polar surface area (TPSA) is 66.9 Å². The molecule has 2 aromatic carbocycles. The highest BCUT2D eigenvalue weighted by molar-refractivity contribution is 7.13. The van der Waals surface area contributed by atoms with Gasteiger partial charge in [-0.2, -0.15) is 0 Å². The summed E-state index contributed by atoms with van der Waals surface area (Å²) < 4.78 is 0. The Balaban J connectivity index is 1.52. The van der Waals surface area contributed by atoms with E-state index in [4.69, 9.17) is 11.6 Å². The summed E-state index contributed by atoms with van der Waals surface area (Å²) in [5.74, 6) is -0.210. The molecule has 1 aromatic heterocycles. The van der Waals surface area contributed by atoms with Gasteiger partial charge in [0.15, 0.2) is 0 Å². The summed E-state index contributed by atoms with van der Waals surface area (Å²) in [7, 11) is 0. The maximum absolute atomic E-state index is 12.3. The number of benzene rings is 2. The standard InChI is InChI=1S/C20H21ClN4OS/c1-13-7-9-15(10-8-13)11-23-19(26)20-25-24-18(27-20)12-22-14(2)16-5-3-4-6-17(16)21/h3-10,14,22H,11-12H2,1-2H3,(H,23,26)/t14-/m1/s1. The van der Waals surface area contributed by atoms with Crippen molar-refractivity contribution in [2.45, 2.75) is 33.0 Å². The van der Waals surface area contributed by atoms with Crippen molar-refractivity contribution in [3.8, 4) is 0 Å². The van der Waals surface area contributed by atoms with Gasteiger partial charge in [-0.25, -0.2) is 0 Å². The number of carbonyl (C=O) groups is 1. The molecule has 0 saturated heterocycles. The molecule has 0 radical (unpaired) electrons. The van der Waals surface area contributed by atoms with Gasteiger partial charge in [0.1, 0.15) is 5.01 Å². The summed E-state index contributed by atoms with van der Waals surface area (Å²) in [6, 6.07) is 15.8. The summed E-state index contributed by atoms with van der Waals surface area (Å²) in [4.78, 5) is 12.3. The predicted octanol–water partition coefficient (Wildman–Crippen LogP) is 4.28. The van der Waals surface area contributed by atoms with Crippen LogP contribution in [-0.4, -0.2) is 16.1 Å². The lowest BCUT2D eigenvalue weighted by atomic mass is 10.1. The molecule has 140 valence electrons. The number of rotatable bonds is 7. The Morgan fingerprint density at radius 2 is 1.85 bits per heavy atom.